The van der Waals surface area contributed by atoms with Gasteiger partial charge < -0.3 is 15.2 Å². The van der Waals surface area contributed by atoms with Gasteiger partial charge in [0.05, 0.1) is 6.04 Å². The molecule has 5 heteroatoms. The van der Waals surface area contributed by atoms with Gasteiger partial charge in [0.15, 0.2) is 11.5 Å². The van der Waals surface area contributed by atoms with Gasteiger partial charge in [0, 0.05) is 8.04 Å². The van der Waals surface area contributed by atoms with Gasteiger partial charge in [-0.05, 0) is 64.0 Å². The molecule has 20 heavy (non-hydrogen) atoms. The zero-order valence-corrected chi connectivity index (χ0v) is 14.3. The molecule has 1 unspecified atom stereocenters. The van der Waals surface area contributed by atoms with E-state index in [0.29, 0.717) is 13.2 Å². The molecule has 0 aliphatic carbocycles. The lowest BCUT2D eigenvalue weighted by Crippen LogP contribution is -2.17. The van der Waals surface area contributed by atoms with Crippen molar-refractivity contribution in [2.24, 2.45) is 5.73 Å². The Kier molecular flexibility index (Phi) is 4.18. The molecule has 1 heterocycles. The van der Waals surface area contributed by atoms with Gasteiger partial charge in [0.1, 0.15) is 13.2 Å². The lowest BCUT2D eigenvalue weighted by Gasteiger charge is -2.21. The molecule has 0 bridgehead atoms. The molecule has 0 fully saturated rings. The first-order valence-corrected chi connectivity index (χ1v) is 8.12. The van der Waals surface area contributed by atoms with Gasteiger partial charge in [0.25, 0.3) is 0 Å². The van der Waals surface area contributed by atoms with Crippen molar-refractivity contribution in [3.63, 3.8) is 0 Å². The third kappa shape index (κ3) is 2.80. The summed E-state index contributed by atoms with van der Waals surface area (Å²) in [5.74, 6) is 1.56. The number of rotatable bonds is 2. The zero-order valence-electron chi connectivity index (χ0n) is 10.6. The Balaban J connectivity index is 1.97. The van der Waals surface area contributed by atoms with Crippen molar-refractivity contribution in [3.05, 3.63) is 55.6 Å². The largest absolute Gasteiger partial charge is 0.486 e. The maximum atomic E-state index is 6.40. The van der Waals surface area contributed by atoms with Crippen LogP contribution in [-0.2, 0) is 0 Å². The van der Waals surface area contributed by atoms with Crippen molar-refractivity contribution in [1.29, 1.82) is 0 Å². The fourth-order valence-corrected chi connectivity index (χ4v) is 3.24. The lowest BCUT2D eigenvalue weighted by atomic mass is 9.99. The van der Waals surface area contributed by atoms with Gasteiger partial charge in [0.2, 0.25) is 0 Å². The number of ether oxygens (including phenoxy) is 2. The highest BCUT2D eigenvalue weighted by Gasteiger charge is 2.17. The minimum Gasteiger partial charge on any atom is -0.486 e. The molecule has 2 aromatic rings. The predicted octanol–water partition coefficient (Wildman–Crippen LogP) is 3.87. The first-order chi connectivity index (χ1) is 9.65. The fourth-order valence-electron chi connectivity index (χ4n) is 2.19. The van der Waals surface area contributed by atoms with E-state index in [1.54, 1.807) is 0 Å². The quantitative estimate of drug-likeness (QED) is 0.713. The van der Waals surface area contributed by atoms with Crippen LogP contribution in [0.15, 0.2) is 40.9 Å². The SMILES string of the molecule is NC(c1ccc2c(c1)OCCO2)c1cc(Br)ccc1I. The Hall–Kier alpha value is -0.790. The number of hydrogen-bond donors (Lipinski definition) is 1. The summed E-state index contributed by atoms with van der Waals surface area (Å²) in [6, 6.07) is 11.8. The molecule has 2 N–H and O–H groups in total. The zero-order chi connectivity index (χ0) is 14.1. The summed E-state index contributed by atoms with van der Waals surface area (Å²) >= 11 is 5.80. The van der Waals surface area contributed by atoms with Crippen LogP contribution in [0.4, 0.5) is 0 Å². The van der Waals surface area contributed by atoms with Gasteiger partial charge in [-0.2, -0.15) is 0 Å². The Morgan fingerprint density at radius 2 is 1.80 bits per heavy atom. The highest BCUT2D eigenvalue weighted by molar-refractivity contribution is 14.1. The van der Waals surface area contributed by atoms with Crippen LogP contribution < -0.4 is 15.2 Å². The van der Waals surface area contributed by atoms with Gasteiger partial charge in [-0.25, -0.2) is 0 Å². The van der Waals surface area contributed by atoms with Crippen molar-refractivity contribution in [1.82, 2.24) is 0 Å². The summed E-state index contributed by atoms with van der Waals surface area (Å²) in [5.41, 5.74) is 8.51. The highest BCUT2D eigenvalue weighted by Crippen LogP contribution is 2.35. The summed E-state index contributed by atoms with van der Waals surface area (Å²) in [5, 5.41) is 0. The Labute approximate surface area is 139 Å². The molecule has 0 amide bonds. The number of hydrogen-bond acceptors (Lipinski definition) is 3. The number of benzene rings is 2. The summed E-state index contributed by atoms with van der Waals surface area (Å²) < 4.78 is 13.3. The molecule has 1 aliphatic rings. The number of nitrogens with two attached hydrogens (primary N) is 1. The minimum atomic E-state index is -0.185. The van der Waals surface area contributed by atoms with E-state index in [4.69, 9.17) is 15.2 Å². The predicted molar refractivity (Wildman–Crippen MR) is 90.3 cm³/mol. The molecule has 0 saturated carbocycles. The molecule has 3 nitrogen and oxygen atoms in total. The Morgan fingerprint density at radius 3 is 2.60 bits per heavy atom. The van der Waals surface area contributed by atoms with E-state index in [1.807, 2.05) is 24.3 Å². The standard InChI is InChI=1S/C15H13BrINO2/c16-10-2-3-12(17)11(8-10)15(18)9-1-4-13-14(7-9)20-6-5-19-13/h1-4,7-8,15H,5-6,18H2. The average molecular weight is 446 g/mol. The smallest absolute Gasteiger partial charge is 0.161 e. The van der Waals surface area contributed by atoms with Crippen LogP contribution >= 0.6 is 38.5 Å². The molecule has 0 radical (unpaired) electrons. The fraction of sp³-hybridized carbons (Fsp3) is 0.200. The molecule has 0 aromatic heterocycles. The Morgan fingerprint density at radius 1 is 1.05 bits per heavy atom. The van der Waals surface area contributed by atoms with Gasteiger partial charge >= 0.3 is 0 Å². The average Bonchev–Trinajstić information content (AvgIpc) is 2.48. The second-order valence-corrected chi connectivity index (χ2v) is 6.62. The Bertz CT molecular complexity index is 648. The first-order valence-electron chi connectivity index (χ1n) is 6.25. The third-order valence-corrected chi connectivity index (χ3v) is 4.69. The molecule has 3 rings (SSSR count). The van der Waals surface area contributed by atoms with E-state index < -0.39 is 0 Å². The van der Waals surface area contributed by atoms with E-state index in [2.05, 4.69) is 50.7 Å². The van der Waals surface area contributed by atoms with E-state index in [9.17, 15) is 0 Å². The van der Waals surface area contributed by atoms with Crippen molar-refractivity contribution < 1.29 is 9.47 Å². The molecule has 1 aliphatic heterocycles. The summed E-state index contributed by atoms with van der Waals surface area (Å²) in [4.78, 5) is 0. The van der Waals surface area contributed by atoms with Crippen molar-refractivity contribution >= 4 is 38.5 Å². The van der Waals surface area contributed by atoms with Crippen LogP contribution in [-0.4, -0.2) is 13.2 Å². The van der Waals surface area contributed by atoms with Crippen LogP contribution in [0.25, 0.3) is 0 Å². The van der Waals surface area contributed by atoms with Crippen molar-refractivity contribution in [2.75, 3.05) is 13.2 Å². The van der Waals surface area contributed by atoms with Crippen molar-refractivity contribution in [2.45, 2.75) is 6.04 Å². The molecular weight excluding hydrogens is 433 g/mol. The van der Waals surface area contributed by atoms with Gasteiger partial charge in [-0.15, -0.1) is 0 Å². The lowest BCUT2D eigenvalue weighted by molar-refractivity contribution is 0.171. The van der Waals surface area contributed by atoms with E-state index in [0.717, 1.165) is 30.7 Å². The maximum Gasteiger partial charge on any atom is 0.161 e. The topological polar surface area (TPSA) is 44.5 Å². The second-order valence-electron chi connectivity index (χ2n) is 4.55. The number of halogens is 2. The molecule has 1 atom stereocenters. The molecule has 104 valence electrons. The van der Waals surface area contributed by atoms with Crippen LogP contribution in [0.3, 0.4) is 0 Å². The van der Waals surface area contributed by atoms with E-state index in [-0.39, 0.29) is 6.04 Å². The molecule has 0 spiro atoms. The number of fused-ring (bicyclic) bond motifs is 1. The monoisotopic (exact) mass is 445 g/mol. The third-order valence-electron chi connectivity index (χ3n) is 3.22. The van der Waals surface area contributed by atoms with Gasteiger partial charge in [-0.3, -0.25) is 0 Å². The van der Waals surface area contributed by atoms with Gasteiger partial charge in [-0.1, -0.05) is 22.0 Å². The molecule has 0 saturated heterocycles. The van der Waals surface area contributed by atoms with E-state index >= 15 is 0 Å². The van der Waals surface area contributed by atoms with Crippen molar-refractivity contribution in [3.8, 4) is 11.5 Å². The highest BCUT2D eigenvalue weighted by atomic mass is 127. The van der Waals surface area contributed by atoms with Crippen LogP contribution in [0.1, 0.15) is 17.2 Å². The van der Waals surface area contributed by atoms with Crippen LogP contribution in [0, 0.1) is 3.57 Å². The minimum absolute atomic E-state index is 0.185. The molecule has 2 aromatic carbocycles. The summed E-state index contributed by atoms with van der Waals surface area (Å²) in [6.45, 7) is 1.18. The van der Waals surface area contributed by atoms with E-state index in [1.165, 1.54) is 0 Å². The normalized spacial score (nSPS) is 14.9. The summed E-state index contributed by atoms with van der Waals surface area (Å²) in [7, 11) is 0. The van der Waals surface area contributed by atoms with Crippen LogP contribution in [0.5, 0.6) is 11.5 Å². The van der Waals surface area contributed by atoms with Crippen LogP contribution in [0.2, 0.25) is 0 Å². The maximum absolute atomic E-state index is 6.40. The second kappa shape index (κ2) is 5.91. The first kappa shape index (κ1) is 14.2. The molecular formula is C15H13BrINO2. The summed E-state index contributed by atoms with van der Waals surface area (Å²) in [6.07, 6.45) is 0.